The van der Waals surface area contributed by atoms with Crippen molar-refractivity contribution in [2.24, 2.45) is 5.41 Å². The fourth-order valence-electron chi connectivity index (χ4n) is 3.00. The molecule has 0 aromatic carbocycles. The molecule has 16 heavy (non-hydrogen) atoms. The van der Waals surface area contributed by atoms with E-state index in [1.54, 1.807) is 0 Å². The van der Waals surface area contributed by atoms with E-state index in [2.05, 4.69) is 17.1 Å². The van der Waals surface area contributed by atoms with E-state index in [-0.39, 0.29) is 21.1 Å². The molecule has 0 N–H and O–H groups in total. The molecular weight excluding hydrogens is 368 g/mol. The zero-order chi connectivity index (χ0) is 10.6. The van der Waals surface area contributed by atoms with Crippen molar-refractivity contribution in [3.8, 4) is 0 Å². The maximum Gasteiger partial charge on any atom is 0 e. The van der Waals surface area contributed by atoms with Crippen LogP contribution >= 0.6 is 0 Å². The molecule has 1 spiro atoms. The predicted molar refractivity (Wildman–Crippen MR) is 65.3 cm³/mol. The fourth-order valence-corrected chi connectivity index (χ4v) is 3.00. The number of hydrogen-bond donors (Lipinski definition) is 0. The number of piperidine rings is 2. The van der Waals surface area contributed by atoms with Gasteiger partial charge in [-0.2, -0.15) is 0 Å². The molecule has 2 rings (SSSR count). The maximum atomic E-state index is 4.48. The van der Waals surface area contributed by atoms with Crippen molar-refractivity contribution in [1.82, 2.24) is 4.90 Å². The third-order valence-corrected chi connectivity index (χ3v) is 4.35. The van der Waals surface area contributed by atoms with Crippen LogP contribution < -0.4 is 0 Å². The zero-order valence-electron chi connectivity index (χ0n) is 10.6. The zero-order valence-corrected chi connectivity index (χ0v) is 13.5. The summed E-state index contributed by atoms with van der Waals surface area (Å²) in [7, 11) is 0. The Bertz CT molecular complexity index is 180. The Kier molecular flexibility index (Phi) is 6.54. The van der Waals surface area contributed by atoms with Crippen LogP contribution in [0.3, 0.4) is 0 Å². The summed E-state index contributed by atoms with van der Waals surface area (Å²) in [5.41, 5.74) is 0.699. The summed E-state index contributed by atoms with van der Waals surface area (Å²) in [5, 5.41) is 4.48. The van der Waals surface area contributed by atoms with Gasteiger partial charge in [-0.15, -0.1) is 13.1 Å². The molecule has 2 aliphatic rings. The van der Waals surface area contributed by atoms with Gasteiger partial charge in [0.2, 0.25) is 0 Å². The van der Waals surface area contributed by atoms with Crippen LogP contribution in [0.5, 0.6) is 0 Å². The van der Waals surface area contributed by atoms with Gasteiger partial charge in [0, 0.05) is 21.1 Å². The number of nitrogens with zero attached hydrogens (tertiary/aromatic N) is 2. The third kappa shape index (κ3) is 3.82. The Morgan fingerprint density at radius 2 is 1.69 bits per heavy atom. The molecule has 0 unspecified atom stereocenters. The molecule has 0 amide bonds. The van der Waals surface area contributed by atoms with E-state index >= 15 is 0 Å². The van der Waals surface area contributed by atoms with Crippen LogP contribution in [0, 0.1) is 5.41 Å². The van der Waals surface area contributed by atoms with E-state index in [1.165, 1.54) is 58.2 Å². The van der Waals surface area contributed by atoms with Crippen LogP contribution in [-0.2, 0) is 21.1 Å². The monoisotopic (exact) mass is 393 g/mol. The number of likely N-dealkylation sites (tertiary alicyclic amines) is 1. The second kappa shape index (κ2) is 7.13. The van der Waals surface area contributed by atoms with E-state index in [0.717, 1.165) is 13.1 Å². The van der Waals surface area contributed by atoms with E-state index in [9.17, 15) is 0 Å². The summed E-state index contributed by atoms with van der Waals surface area (Å²) in [6.45, 7) is 8.58. The SMILES string of the molecule is CCCCN1CCC2(CC[N-]CC2)CC1.[W]. The smallest absolute Gasteiger partial charge is 0 e. The van der Waals surface area contributed by atoms with Crippen molar-refractivity contribution in [1.29, 1.82) is 0 Å². The molecule has 2 saturated heterocycles. The number of hydrogen-bond acceptors (Lipinski definition) is 1. The van der Waals surface area contributed by atoms with Gasteiger partial charge < -0.3 is 10.2 Å². The van der Waals surface area contributed by atoms with E-state index in [1.807, 2.05) is 0 Å². The molecule has 2 aliphatic heterocycles. The Morgan fingerprint density at radius 3 is 2.25 bits per heavy atom. The summed E-state index contributed by atoms with van der Waals surface area (Å²) in [6, 6.07) is 0. The molecule has 0 aromatic rings. The first kappa shape index (κ1) is 14.7. The summed E-state index contributed by atoms with van der Waals surface area (Å²) in [6.07, 6.45) is 8.32. The summed E-state index contributed by atoms with van der Waals surface area (Å²) in [5.74, 6) is 0. The maximum absolute atomic E-state index is 4.48. The average Bonchev–Trinajstić information content (AvgIpc) is 2.30. The Hall–Kier alpha value is 0.608. The second-order valence-electron chi connectivity index (χ2n) is 5.37. The molecule has 0 aromatic heterocycles. The van der Waals surface area contributed by atoms with Gasteiger partial charge in [-0.1, -0.05) is 26.2 Å². The van der Waals surface area contributed by atoms with Crippen molar-refractivity contribution in [3.63, 3.8) is 0 Å². The summed E-state index contributed by atoms with van der Waals surface area (Å²) in [4.78, 5) is 2.67. The second-order valence-corrected chi connectivity index (χ2v) is 5.37. The molecule has 0 bridgehead atoms. The summed E-state index contributed by atoms with van der Waals surface area (Å²) < 4.78 is 0. The first-order valence-corrected chi connectivity index (χ1v) is 6.70. The molecule has 0 atom stereocenters. The minimum absolute atomic E-state index is 0. The minimum Gasteiger partial charge on any atom is -0.662 e. The molecule has 2 nitrogen and oxygen atoms in total. The van der Waals surface area contributed by atoms with Crippen molar-refractivity contribution < 1.29 is 21.1 Å². The van der Waals surface area contributed by atoms with Crippen molar-refractivity contribution in [2.45, 2.75) is 45.4 Å². The molecule has 0 radical (unpaired) electrons. The van der Waals surface area contributed by atoms with Gasteiger partial charge in [-0.25, -0.2) is 0 Å². The summed E-state index contributed by atoms with van der Waals surface area (Å²) >= 11 is 0. The average molecular weight is 393 g/mol. The van der Waals surface area contributed by atoms with Crippen molar-refractivity contribution >= 4 is 0 Å². The quantitative estimate of drug-likeness (QED) is 0.721. The molecule has 2 heterocycles. The van der Waals surface area contributed by atoms with Crippen LogP contribution in [-0.4, -0.2) is 37.6 Å². The largest absolute Gasteiger partial charge is 0.662 e. The van der Waals surface area contributed by atoms with Gasteiger partial charge in [0.05, 0.1) is 0 Å². The van der Waals surface area contributed by atoms with Gasteiger partial charge in [0.1, 0.15) is 0 Å². The normalized spacial score (nSPS) is 25.3. The van der Waals surface area contributed by atoms with Gasteiger partial charge in [-0.05, 0) is 44.3 Å². The Balaban J connectivity index is 0.00000128. The first-order chi connectivity index (χ1) is 7.35. The fraction of sp³-hybridized carbons (Fsp3) is 1.00. The van der Waals surface area contributed by atoms with Gasteiger partial charge in [0.15, 0.2) is 0 Å². The van der Waals surface area contributed by atoms with Gasteiger partial charge >= 0.3 is 0 Å². The molecular formula is C13H25N2W-. The molecule has 0 aliphatic carbocycles. The van der Waals surface area contributed by atoms with E-state index in [0.29, 0.717) is 5.41 Å². The Labute approximate surface area is 115 Å². The molecule has 94 valence electrons. The van der Waals surface area contributed by atoms with Crippen molar-refractivity contribution in [3.05, 3.63) is 5.32 Å². The standard InChI is InChI=1S/C13H25N2.W/c1-2-3-10-15-11-6-13(7-12-15)4-8-14-9-5-13;/h2-12H2,1H3;/q-1;. The van der Waals surface area contributed by atoms with E-state index in [4.69, 9.17) is 0 Å². The van der Waals surface area contributed by atoms with Gasteiger partial charge in [0.25, 0.3) is 0 Å². The molecule has 2 fully saturated rings. The minimum atomic E-state index is 0. The Morgan fingerprint density at radius 1 is 1.06 bits per heavy atom. The van der Waals surface area contributed by atoms with Crippen LogP contribution in [0.4, 0.5) is 0 Å². The number of unbranched alkanes of at least 4 members (excludes halogenated alkanes) is 1. The van der Waals surface area contributed by atoms with Crippen LogP contribution in [0.2, 0.25) is 0 Å². The number of rotatable bonds is 3. The predicted octanol–water partition coefficient (Wildman–Crippen LogP) is 3.03. The first-order valence-electron chi connectivity index (χ1n) is 6.70. The topological polar surface area (TPSA) is 17.3 Å². The van der Waals surface area contributed by atoms with Gasteiger partial charge in [-0.3, -0.25) is 0 Å². The molecule has 3 heteroatoms. The third-order valence-electron chi connectivity index (χ3n) is 4.35. The van der Waals surface area contributed by atoms with Crippen molar-refractivity contribution in [2.75, 3.05) is 32.7 Å². The van der Waals surface area contributed by atoms with Crippen LogP contribution in [0.25, 0.3) is 5.32 Å². The van der Waals surface area contributed by atoms with E-state index < -0.39 is 0 Å². The van der Waals surface area contributed by atoms with Crippen LogP contribution in [0.1, 0.15) is 45.4 Å². The van der Waals surface area contributed by atoms with Crippen LogP contribution in [0.15, 0.2) is 0 Å². The molecule has 0 saturated carbocycles.